The molecule has 3 rings (SSSR count). The molecule has 1 atom stereocenters. The molecule has 0 bridgehead atoms. The zero-order valence-corrected chi connectivity index (χ0v) is 18.8. The predicted molar refractivity (Wildman–Crippen MR) is 116 cm³/mol. The van der Waals surface area contributed by atoms with Gasteiger partial charge in [-0.25, -0.2) is 13.2 Å². The average Bonchev–Trinajstić information content (AvgIpc) is 3.24. The van der Waals surface area contributed by atoms with Gasteiger partial charge in [0.2, 0.25) is 0 Å². The Hall–Kier alpha value is -2.94. The van der Waals surface area contributed by atoms with Crippen LogP contribution in [0.1, 0.15) is 43.9 Å². The van der Waals surface area contributed by atoms with E-state index in [4.69, 9.17) is 11.6 Å². The number of carbonyl (C=O) groups excluding carboxylic acids is 1. The molecule has 0 aliphatic heterocycles. The van der Waals surface area contributed by atoms with Crippen molar-refractivity contribution in [2.75, 3.05) is 6.67 Å². The summed E-state index contributed by atoms with van der Waals surface area (Å²) in [6, 6.07) is 11.7. The number of nitrogens with one attached hydrogen (secondary N) is 1. The Morgan fingerprint density at radius 2 is 1.75 bits per heavy atom. The molecule has 170 valence electrons. The van der Waals surface area contributed by atoms with E-state index in [2.05, 4.69) is 20.8 Å². The molecular weight excluding hydrogens is 443 g/mol. The van der Waals surface area contributed by atoms with Crippen LogP contribution in [-0.4, -0.2) is 44.8 Å². The molecule has 0 fully saturated rings. The third-order valence-electron chi connectivity index (χ3n) is 4.90. The Morgan fingerprint density at radius 1 is 1.09 bits per heavy atom. The second kappa shape index (κ2) is 8.90. The molecule has 1 heterocycles. The number of carbonyl (C=O) groups is 1. The topological polar surface area (TPSA) is 72.7 Å². The van der Waals surface area contributed by atoms with Crippen molar-refractivity contribution in [1.82, 2.24) is 25.5 Å². The summed E-state index contributed by atoms with van der Waals surface area (Å²) in [4.78, 5) is 12.9. The van der Waals surface area contributed by atoms with Gasteiger partial charge in [0.1, 0.15) is 12.2 Å². The molecule has 2 aromatic carbocycles. The van der Waals surface area contributed by atoms with Crippen molar-refractivity contribution in [1.29, 1.82) is 0 Å². The van der Waals surface area contributed by atoms with Crippen LogP contribution in [0, 0.1) is 0 Å². The van der Waals surface area contributed by atoms with Crippen LogP contribution in [0.15, 0.2) is 42.5 Å². The number of benzene rings is 2. The van der Waals surface area contributed by atoms with E-state index in [0.717, 1.165) is 12.5 Å². The number of hydrogen-bond donors (Lipinski definition) is 1. The lowest BCUT2D eigenvalue weighted by Crippen LogP contribution is -2.53. The van der Waals surface area contributed by atoms with E-state index in [0.29, 0.717) is 22.1 Å². The second-order valence-corrected chi connectivity index (χ2v) is 9.18. The van der Waals surface area contributed by atoms with Crippen LogP contribution in [0.2, 0.25) is 5.02 Å². The monoisotopic (exact) mass is 465 g/mol. The first-order valence-corrected chi connectivity index (χ1v) is 10.2. The summed E-state index contributed by atoms with van der Waals surface area (Å²) in [7, 11) is 0. The molecule has 1 N–H and O–H groups in total. The largest absolute Gasteiger partial charge is 0.339 e. The van der Waals surface area contributed by atoms with E-state index in [1.807, 2.05) is 20.8 Å². The zero-order chi connectivity index (χ0) is 23.7. The first-order valence-electron chi connectivity index (χ1n) is 9.81. The quantitative estimate of drug-likeness (QED) is 0.555. The van der Waals surface area contributed by atoms with E-state index < -0.39 is 30.0 Å². The Morgan fingerprint density at radius 3 is 2.31 bits per heavy atom. The smallest absolute Gasteiger partial charge is 0.263 e. The summed E-state index contributed by atoms with van der Waals surface area (Å²) in [5, 5.41) is 14.5. The third-order valence-corrected chi connectivity index (χ3v) is 5.15. The van der Waals surface area contributed by atoms with Gasteiger partial charge in [-0.2, -0.15) is 4.68 Å². The summed E-state index contributed by atoms with van der Waals surface area (Å²) >= 11 is 5.98. The van der Waals surface area contributed by atoms with Crippen molar-refractivity contribution < 1.29 is 18.0 Å². The number of halogens is 4. The molecule has 1 unspecified atom stereocenters. The highest BCUT2D eigenvalue weighted by Crippen LogP contribution is 2.28. The standard InChI is InChI=1S/C22H23ClF3N5O/c1-21(2,3)20-28-29-30-31(20)17-10-14(13-5-7-16(23)8-6-13)9-15(11-17)18(32)27-22(4,12-24)19(25)26/h5-11,19H,12H2,1-4H3,(H,27,32). The van der Waals surface area contributed by atoms with E-state index in [1.165, 1.54) is 16.8 Å². The molecule has 3 aromatic rings. The van der Waals surface area contributed by atoms with Crippen LogP contribution < -0.4 is 5.32 Å². The van der Waals surface area contributed by atoms with Crippen LogP contribution in [0.5, 0.6) is 0 Å². The fourth-order valence-corrected chi connectivity index (χ4v) is 3.11. The highest BCUT2D eigenvalue weighted by atomic mass is 35.5. The molecule has 0 spiro atoms. The number of hydrogen-bond acceptors (Lipinski definition) is 4. The van der Waals surface area contributed by atoms with Crippen molar-refractivity contribution in [3.63, 3.8) is 0 Å². The highest BCUT2D eigenvalue weighted by molar-refractivity contribution is 6.30. The summed E-state index contributed by atoms with van der Waals surface area (Å²) in [5.41, 5.74) is -0.861. The first-order chi connectivity index (χ1) is 14.9. The Kier molecular flexibility index (Phi) is 6.59. The molecule has 10 heteroatoms. The summed E-state index contributed by atoms with van der Waals surface area (Å²) < 4.78 is 41.4. The summed E-state index contributed by atoms with van der Waals surface area (Å²) in [6.45, 7) is 5.34. The van der Waals surface area contributed by atoms with Gasteiger partial charge >= 0.3 is 0 Å². The van der Waals surface area contributed by atoms with Gasteiger partial charge in [0.15, 0.2) is 5.82 Å². The number of rotatable bonds is 6. The number of aromatic nitrogens is 4. The summed E-state index contributed by atoms with van der Waals surface area (Å²) in [6.07, 6.45) is -3.08. The number of amides is 1. The lowest BCUT2D eigenvalue weighted by atomic mass is 9.95. The molecule has 0 aliphatic carbocycles. The van der Waals surface area contributed by atoms with Crippen LogP contribution in [0.4, 0.5) is 13.2 Å². The average molecular weight is 466 g/mol. The minimum absolute atomic E-state index is 0.0585. The molecule has 0 radical (unpaired) electrons. The minimum Gasteiger partial charge on any atom is -0.339 e. The molecule has 1 amide bonds. The minimum atomic E-state index is -3.08. The zero-order valence-electron chi connectivity index (χ0n) is 18.0. The first kappa shape index (κ1) is 23.7. The Balaban J connectivity index is 2.15. The SMILES string of the molecule is CC(C)(C)c1nnnn1-c1cc(C(=O)NC(C)(CF)C(F)F)cc(-c2ccc(Cl)cc2)c1. The van der Waals surface area contributed by atoms with E-state index in [9.17, 15) is 18.0 Å². The van der Waals surface area contributed by atoms with E-state index in [-0.39, 0.29) is 5.56 Å². The summed E-state index contributed by atoms with van der Waals surface area (Å²) in [5.74, 6) is -0.300. The molecule has 0 saturated carbocycles. The molecule has 0 saturated heterocycles. The number of nitrogens with zero attached hydrogens (tertiary/aromatic N) is 4. The van der Waals surface area contributed by atoms with Gasteiger partial charge < -0.3 is 5.32 Å². The number of tetrazole rings is 1. The Bertz CT molecular complexity index is 1110. The van der Waals surface area contributed by atoms with Gasteiger partial charge in [-0.1, -0.05) is 44.5 Å². The number of alkyl halides is 3. The van der Waals surface area contributed by atoms with Gasteiger partial charge in [0.05, 0.1) is 5.69 Å². The molecular formula is C22H23ClF3N5O. The molecule has 32 heavy (non-hydrogen) atoms. The maximum Gasteiger partial charge on any atom is 0.263 e. The fraction of sp³-hybridized carbons (Fsp3) is 0.364. The maximum absolute atomic E-state index is 13.3. The van der Waals surface area contributed by atoms with Gasteiger partial charge in [-0.15, -0.1) is 5.10 Å². The molecule has 6 nitrogen and oxygen atoms in total. The lowest BCUT2D eigenvalue weighted by Gasteiger charge is -2.27. The highest BCUT2D eigenvalue weighted by Gasteiger charge is 2.37. The van der Waals surface area contributed by atoms with Crippen LogP contribution >= 0.6 is 11.6 Å². The van der Waals surface area contributed by atoms with E-state index >= 15 is 0 Å². The van der Waals surface area contributed by atoms with Crippen molar-refractivity contribution in [2.45, 2.75) is 45.1 Å². The van der Waals surface area contributed by atoms with Gasteiger partial charge in [-0.05, 0) is 58.8 Å². The molecule has 0 aliphatic rings. The van der Waals surface area contributed by atoms with Crippen LogP contribution in [0.3, 0.4) is 0 Å². The van der Waals surface area contributed by atoms with Crippen molar-refractivity contribution >= 4 is 17.5 Å². The van der Waals surface area contributed by atoms with Crippen molar-refractivity contribution in [2.24, 2.45) is 0 Å². The predicted octanol–water partition coefficient (Wildman–Crippen LogP) is 5.00. The van der Waals surface area contributed by atoms with E-state index in [1.54, 1.807) is 30.3 Å². The molecule has 1 aromatic heterocycles. The van der Waals surface area contributed by atoms with Crippen molar-refractivity contribution in [3.05, 3.63) is 58.9 Å². The fourth-order valence-electron chi connectivity index (χ4n) is 2.98. The van der Waals surface area contributed by atoms with Gasteiger partial charge in [0, 0.05) is 16.0 Å². The lowest BCUT2D eigenvalue weighted by molar-refractivity contribution is 0.0239. The van der Waals surface area contributed by atoms with Gasteiger partial charge in [-0.3, -0.25) is 4.79 Å². The normalized spacial score (nSPS) is 13.8. The van der Waals surface area contributed by atoms with Crippen LogP contribution in [0.25, 0.3) is 16.8 Å². The van der Waals surface area contributed by atoms with Gasteiger partial charge in [0.25, 0.3) is 12.3 Å². The Labute approximate surface area is 188 Å². The van der Waals surface area contributed by atoms with Crippen molar-refractivity contribution in [3.8, 4) is 16.8 Å². The third kappa shape index (κ3) is 4.93. The second-order valence-electron chi connectivity index (χ2n) is 8.75. The maximum atomic E-state index is 13.3. The van der Waals surface area contributed by atoms with Crippen LogP contribution in [-0.2, 0) is 5.41 Å².